The van der Waals surface area contributed by atoms with Gasteiger partial charge in [0, 0.05) is 32.0 Å². The van der Waals surface area contributed by atoms with E-state index in [9.17, 15) is 18.3 Å². The Bertz CT molecular complexity index is 669. The van der Waals surface area contributed by atoms with Gasteiger partial charge in [-0.3, -0.25) is 0 Å². The van der Waals surface area contributed by atoms with Crippen LogP contribution in [0.25, 0.3) is 0 Å². The number of rotatable bonds is 9. The molecule has 0 heterocycles. The number of methoxy groups -OCH3 is 1. The van der Waals surface area contributed by atoms with E-state index < -0.39 is 16.0 Å². The molecule has 0 atom stereocenters. The minimum Gasteiger partial charge on any atom is -0.478 e. The van der Waals surface area contributed by atoms with Crippen LogP contribution in [0.4, 0.5) is 5.69 Å². The fourth-order valence-electron chi connectivity index (χ4n) is 2.79. The Morgan fingerprint density at radius 2 is 2.04 bits per heavy atom. The smallest absolute Gasteiger partial charge is 0.337 e. The average Bonchev–Trinajstić information content (AvgIpc) is 3.04. The number of hydrogen-bond acceptors (Lipinski definition) is 5. The van der Waals surface area contributed by atoms with Crippen LogP contribution in [-0.2, 0) is 14.8 Å². The van der Waals surface area contributed by atoms with Gasteiger partial charge < -0.3 is 15.2 Å². The average molecular weight is 356 g/mol. The van der Waals surface area contributed by atoms with Crippen molar-refractivity contribution in [1.29, 1.82) is 0 Å². The van der Waals surface area contributed by atoms with Crippen LogP contribution >= 0.6 is 0 Å². The molecule has 1 aliphatic carbocycles. The summed E-state index contributed by atoms with van der Waals surface area (Å²) in [5.74, 6) is -1.15. The Hall–Kier alpha value is -1.64. The number of sulfonamides is 1. The molecule has 1 aromatic carbocycles. The zero-order valence-corrected chi connectivity index (χ0v) is 14.6. The Balaban J connectivity index is 2.16. The van der Waals surface area contributed by atoms with Crippen molar-refractivity contribution in [3.8, 4) is 0 Å². The van der Waals surface area contributed by atoms with Gasteiger partial charge in [-0.25, -0.2) is 17.9 Å². The molecule has 7 nitrogen and oxygen atoms in total. The molecular weight excluding hydrogens is 332 g/mol. The maximum absolute atomic E-state index is 12.3. The lowest BCUT2D eigenvalue weighted by Crippen LogP contribution is -2.26. The highest BCUT2D eigenvalue weighted by Crippen LogP contribution is 2.26. The topological polar surface area (TPSA) is 105 Å². The molecule has 0 radical (unpaired) electrons. The molecule has 1 aliphatic rings. The number of nitrogens with one attached hydrogen (secondary N) is 2. The Morgan fingerprint density at radius 1 is 1.33 bits per heavy atom. The van der Waals surface area contributed by atoms with Crippen LogP contribution in [0.15, 0.2) is 23.1 Å². The SMILES string of the molecule is COCCCNS(=O)(=O)c1ccc(NC2CCCC2)c(C(=O)O)c1. The van der Waals surface area contributed by atoms with Crippen molar-refractivity contribution in [2.24, 2.45) is 0 Å². The van der Waals surface area contributed by atoms with Gasteiger partial charge in [-0.2, -0.15) is 0 Å². The standard InChI is InChI=1S/C16H24N2O5S/c1-23-10-4-9-17-24(21,22)13-7-8-15(14(11-13)16(19)20)18-12-5-2-3-6-12/h7-8,11-12,17-18H,2-6,9-10H2,1H3,(H,19,20). The van der Waals surface area contributed by atoms with Crippen LogP contribution in [0.1, 0.15) is 42.5 Å². The first kappa shape index (κ1) is 18.7. The van der Waals surface area contributed by atoms with Gasteiger partial charge in [-0.05, 0) is 37.5 Å². The number of carbonyl (C=O) groups is 1. The third-order valence-corrected chi connectivity index (χ3v) is 5.52. The summed E-state index contributed by atoms with van der Waals surface area (Å²) in [4.78, 5) is 11.5. The van der Waals surface area contributed by atoms with Crippen LogP contribution in [0.3, 0.4) is 0 Å². The van der Waals surface area contributed by atoms with E-state index in [1.54, 1.807) is 7.11 Å². The van der Waals surface area contributed by atoms with Crippen LogP contribution in [0, 0.1) is 0 Å². The van der Waals surface area contributed by atoms with E-state index in [4.69, 9.17) is 4.74 Å². The summed E-state index contributed by atoms with van der Waals surface area (Å²) in [5, 5.41) is 12.6. The molecule has 0 spiro atoms. The summed E-state index contributed by atoms with van der Waals surface area (Å²) >= 11 is 0. The van der Waals surface area contributed by atoms with Crippen LogP contribution in [0.2, 0.25) is 0 Å². The monoisotopic (exact) mass is 356 g/mol. The van der Waals surface area contributed by atoms with E-state index >= 15 is 0 Å². The minimum absolute atomic E-state index is 0.0262. The zero-order valence-electron chi connectivity index (χ0n) is 13.7. The van der Waals surface area contributed by atoms with Crippen molar-refractivity contribution in [2.75, 3.05) is 25.6 Å². The summed E-state index contributed by atoms with van der Waals surface area (Å²) in [7, 11) is -2.19. The number of ether oxygens (including phenoxy) is 1. The molecular formula is C16H24N2O5S. The minimum atomic E-state index is -3.74. The molecule has 2 rings (SSSR count). The number of carboxylic acid groups (broad SMARTS) is 1. The molecule has 24 heavy (non-hydrogen) atoms. The second-order valence-electron chi connectivity index (χ2n) is 5.88. The van der Waals surface area contributed by atoms with Crippen LogP contribution in [0.5, 0.6) is 0 Å². The molecule has 3 N–H and O–H groups in total. The van der Waals surface area contributed by atoms with Crippen molar-refractivity contribution < 1.29 is 23.1 Å². The normalized spacial score (nSPS) is 15.5. The predicted octanol–water partition coefficient (Wildman–Crippen LogP) is 2.05. The van der Waals surface area contributed by atoms with Crippen molar-refractivity contribution in [1.82, 2.24) is 4.72 Å². The first-order valence-electron chi connectivity index (χ1n) is 8.06. The molecule has 0 unspecified atom stereocenters. The summed E-state index contributed by atoms with van der Waals surface area (Å²) in [6.07, 6.45) is 4.79. The molecule has 1 fully saturated rings. The van der Waals surface area contributed by atoms with Crippen molar-refractivity contribution in [3.63, 3.8) is 0 Å². The first-order valence-corrected chi connectivity index (χ1v) is 9.55. The van der Waals surface area contributed by atoms with Crippen LogP contribution in [-0.4, -0.2) is 45.8 Å². The maximum atomic E-state index is 12.3. The van der Waals surface area contributed by atoms with E-state index in [-0.39, 0.29) is 23.0 Å². The number of carboxylic acids is 1. The van der Waals surface area contributed by atoms with Crippen molar-refractivity contribution in [2.45, 2.75) is 43.0 Å². The van der Waals surface area contributed by atoms with Gasteiger partial charge >= 0.3 is 5.97 Å². The predicted molar refractivity (Wildman–Crippen MR) is 91.0 cm³/mol. The summed E-state index contributed by atoms with van der Waals surface area (Å²) in [6.45, 7) is 0.688. The quantitative estimate of drug-likeness (QED) is 0.585. The molecule has 8 heteroatoms. The fraction of sp³-hybridized carbons (Fsp3) is 0.562. The highest BCUT2D eigenvalue weighted by molar-refractivity contribution is 7.89. The molecule has 0 aromatic heterocycles. The molecule has 1 aromatic rings. The maximum Gasteiger partial charge on any atom is 0.337 e. The Kier molecular flexibility index (Phi) is 6.59. The fourth-order valence-corrected chi connectivity index (χ4v) is 3.89. The van der Waals surface area contributed by atoms with Gasteiger partial charge in [0.15, 0.2) is 0 Å². The Labute approximate surface area is 142 Å². The second kappa shape index (κ2) is 8.46. The first-order chi connectivity index (χ1) is 11.4. The highest BCUT2D eigenvalue weighted by atomic mass is 32.2. The van der Waals surface area contributed by atoms with Crippen molar-refractivity contribution >= 4 is 21.7 Å². The molecule has 0 saturated heterocycles. The van der Waals surface area contributed by atoms with Gasteiger partial charge in [-0.1, -0.05) is 12.8 Å². The Morgan fingerprint density at radius 3 is 2.67 bits per heavy atom. The third-order valence-electron chi connectivity index (χ3n) is 4.06. The van der Waals surface area contributed by atoms with Gasteiger partial charge in [0.25, 0.3) is 0 Å². The van der Waals surface area contributed by atoms with Gasteiger partial charge in [0.2, 0.25) is 10.0 Å². The van der Waals surface area contributed by atoms with E-state index in [2.05, 4.69) is 10.0 Å². The summed E-state index contributed by atoms with van der Waals surface area (Å²) < 4.78 is 31.8. The number of anilines is 1. The molecule has 0 amide bonds. The van der Waals surface area contributed by atoms with Gasteiger partial charge in [0.1, 0.15) is 0 Å². The van der Waals surface area contributed by atoms with E-state index in [1.807, 2.05) is 0 Å². The molecule has 0 bridgehead atoms. The van der Waals surface area contributed by atoms with Gasteiger partial charge in [0.05, 0.1) is 10.5 Å². The summed E-state index contributed by atoms with van der Waals surface area (Å²) in [6, 6.07) is 4.42. The van der Waals surface area contributed by atoms with Gasteiger partial charge in [-0.15, -0.1) is 0 Å². The largest absolute Gasteiger partial charge is 0.478 e. The zero-order chi connectivity index (χ0) is 17.6. The lowest BCUT2D eigenvalue weighted by atomic mass is 10.1. The lowest BCUT2D eigenvalue weighted by Gasteiger charge is -2.16. The van der Waals surface area contributed by atoms with E-state index in [0.717, 1.165) is 25.7 Å². The molecule has 1 saturated carbocycles. The van der Waals surface area contributed by atoms with E-state index in [1.165, 1.54) is 18.2 Å². The molecule has 134 valence electrons. The summed E-state index contributed by atoms with van der Waals surface area (Å²) in [5.41, 5.74) is 0.439. The lowest BCUT2D eigenvalue weighted by molar-refractivity contribution is 0.0697. The van der Waals surface area contributed by atoms with Crippen molar-refractivity contribution in [3.05, 3.63) is 23.8 Å². The van der Waals surface area contributed by atoms with Crippen LogP contribution < -0.4 is 10.0 Å². The number of aromatic carboxylic acids is 1. The number of benzene rings is 1. The molecule has 0 aliphatic heterocycles. The second-order valence-corrected chi connectivity index (χ2v) is 7.65. The third kappa shape index (κ3) is 4.93. The highest BCUT2D eigenvalue weighted by Gasteiger charge is 2.21. The number of hydrogen-bond donors (Lipinski definition) is 3. The van der Waals surface area contributed by atoms with E-state index in [0.29, 0.717) is 18.7 Å².